The molecule has 3 aromatic rings. The number of para-hydroxylation sites is 1. The maximum absolute atomic E-state index is 14.7. The lowest BCUT2D eigenvalue weighted by molar-refractivity contribution is -0.118. The number of fused-ring (bicyclic) bond motifs is 1. The molecule has 0 unspecified atom stereocenters. The average Bonchev–Trinajstić information content (AvgIpc) is 3.19. The minimum absolute atomic E-state index is 0.101. The standard InChI is InChI=1S/C36H49N3O3/c1-34(2,3)25-15-17-31(41-21-19-38(7)8)28(23-25)36(27-13-11-12-14-30(27)37-33(36)40)29-24-26(35(4,5)6)16-18-32(29)42-22-20-39(9)10/h11-18,23-24H,19-22H2,1-10H3,(H,37,40). The molecule has 3 aromatic carbocycles. The molecule has 0 atom stereocenters. The normalized spacial score (nSPS) is 14.7. The molecule has 1 amide bonds. The van der Waals surface area contributed by atoms with Gasteiger partial charge < -0.3 is 24.6 Å². The Kier molecular flexibility index (Phi) is 9.10. The van der Waals surface area contributed by atoms with Gasteiger partial charge in [-0.15, -0.1) is 0 Å². The van der Waals surface area contributed by atoms with Gasteiger partial charge in [0.1, 0.15) is 30.1 Å². The number of ether oxygens (including phenoxy) is 2. The number of rotatable bonds is 10. The van der Waals surface area contributed by atoms with Crippen molar-refractivity contribution < 1.29 is 14.3 Å². The zero-order valence-electron chi connectivity index (χ0n) is 27.2. The van der Waals surface area contributed by atoms with Gasteiger partial charge in [-0.25, -0.2) is 0 Å². The summed E-state index contributed by atoms with van der Waals surface area (Å²) in [7, 11) is 8.13. The van der Waals surface area contributed by atoms with Crippen molar-refractivity contribution in [1.29, 1.82) is 0 Å². The molecule has 226 valence electrons. The number of hydrogen-bond donors (Lipinski definition) is 1. The largest absolute Gasteiger partial charge is 0.492 e. The van der Waals surface area contributed by atoms with Crippen LogP contribution in [0.5, 0.6) is 11.5 Å². The van der Waals surface area contributed by atoms with Crippen molar-refractivity contribution in [2.45, 2.75) is 57.8 Å². The van der Waals surface area contributed by atoms with Crippen LogP contribution in [0.2, 0.25) is 0 Å². The summed E-state index contributed by atoms with van der Waals surface area (Å²) in [6.07, 6.45) is 0. The molecule has 6 nitrogen and oxygen atoms in total. The molecule has 42 heavy (non-hydrogen) atoms. The number of likely N-dealkylation sites (N-methyl/N-ethyl adjacent to an activating group) is 2. The highest BCUT2D eigenvalue weighted by molar-refractivity contribution is 6.12. The number of carbonyl (C=O) groups is 1. The second kappa shape index (κ2) is 12.1. The van der Waals surface area contributed by atoms with Gasteiger partial charge in [-0.2, -0.15) is 0 Å². The van der Waals surface area contributed by atoms with E-state index in [-0.39, 0.29) is 16.7 Å². The van der Waals surface area contributed by atoms with E-state index < -0.39 is 5.41 Å². The Labute approximate surface area is 253 Å². The molecule has 1 aliphatic heterocycles. The van der Waals surface area contributed by atoms with Gasteiger partial charge in [0.2, 0.25) is 5.91 Å². The lowest BCUT2D eigenvalue weighted by atomic mass is 9.67. The highest BCUT2D eigenvalue weighted by atomic mass is 16.5. The smallest absolute Gasteiger partial charge is 0.244 e. The van der Waals surface area contributed by atoms with E-state index in [1.165, 1.54) is 0 Å². The summed E-state index contributed by atoms with van der Waals surface area (Å²) >= 11 is 0. The first kappa shape index (κ1) is 31.6. The van der Waals surface area contributed by atoms with Crippen LogP contribution >= 0.6 is 0 Å². The Morgan fingerprint density at radius 1 is 0.667 bits per heavy atom. The van der Waals surface area contributed by atoms with Crippen LogP contribution in [-0.2, 0) is 21.0 Å². The molecule has 0 saturated carbocycles. The quantitative estimate of drug-likeness (QED) is 0.303. The van der Waals surface area contributed by atoms with Crippen molar-refractivity contribution >= 4 is 11.6 Å². The van der Waals surface area contributed by atoms with Gasteiger partial charge in [0.15, 0.2) is 0 Å². The number of carbonyl (C=O) groups excluding carboxylic acids is 1. The molecule has 6 heteroatoms. The van der Waals surface area contributed by atoms with Crippen molar-refractivity contribution in [1.82, 2.24) is 9.80 Å². The fourth-order valence-corrected chi connectivity index (χ4v) is 5.44. The van der Waals surface area contributed by atoms with Crippen molar-refractivity contribution in [3.63, 3.8) is 0 Å². The van der Waals surface area contributed by atoms with E-state index in [4.69, 9.17) is 9.47 Å². The predicted octanol–water partition coefficient (Wildman–Crippen LogP) is 6.45. The number of nitrogens with one attached hydrogen (secondary N) is 1. The molecule has 0 spiro atoms. The summed E-state index contributed by atoms with van der Waals surface area (Å²) in [5.41, 5.74) is 4.20. The van der Waals surface area contributed by atoms with Crippen molar-refractivity contribution in [3.05, 3.63) is 88.5 Å². The molecule has 1 heterocycles. The van der Waals surface area contributed by atoms with Crippen LogP contribution in [0, 0.1) is 0 Å². The second-order valence-corrected chi connectivity index (χ2v) is 14.0. The van der Waals surface area contributed by atoms with Gasteiger partial charge >= 0.3 is 0 Å². The zero-order chi connectivity index (χ0) is 30.9. The fourth-order valence-electron chi connectivity index (χ4n) is 5.44. The first-order valence-corrected chi connectivity index (χ1v) is 14.9. The number of benzene rings is 3. The van der Waals surface area contributed by atoms with Crippen LogP contribution in [-0.4, -0.2) is 70.2 Å². The molecule has 0 saturated heterocycles. The first-order chi connectivity index (χ1) is 19.7. The van der Waals surface area contributed by atoms with Crippen molar-refractivity contribution in [3.8, 4) is 11.5 Å². The van der Waals surface area contributed by atoms with Crippen LogP contribution in [0.1, 0.15) is 69.4 Å². The van der Waals surface area contributed by atoms with E-state index >= 15 is 0 Å². The first-order valence-electron chi connectivity index (χ1n) is 14.9. The van der Waals surface area contributed by atoms with E-state index in [2.05, 4.69) is 87.0 Å². The van der Waals surface area contributed by atoms with Crippen molar-refractivity contribution in [2.75, 3.05) is 59.8 Å². The molecule has 0 bridgehead atoms. The van der Waals surface area contributed by atoms with E-state index in [0.29, 0.717) is 24.7 Å². The molecule has 0 aromatic heterocycles. The zero-order valence-corrected chi connectivity index (χ0v) is 27.2. The molecule has 1 aliphatic rings. The van der Waals surface area contributed by atoms with Gasteiger partial charge in [0.05, 0.1) is 0 Å². The lowest BCUT2D eigenvalue weighted by Crippen LogP contribution is -2.39. The summed E-state index contributed by atoms with van der Waals surface area (Å²) in [5.74, 6) is 1.31. The Hall–Kier alpha value is -3.35. The number of amides is 1. The van der Waals surface area contributed by atoms with E-state index in [9.17, 15) is 4.79 Å². The molecular formula is C36H49N3O3. The lowest BCUT2D eigenvalue weighted by Gasteiger charge is -2.35. The summed E-state index contributed by atoms with van der Waals surface area (Å²) in [5, 5.41) is 3.24. The topological polar surface area (TPSA) is 54.0 Å². The fraction of sp³-hybridized carbons (Fsp3) is 0.472. The third kappa shape index (κ3) is 6.35. The number of anilines is 1. The molecule has 0 radical (unpaired) electrons. The average molecular weight is 572 g/mol. The third-order valence-electron chi connectivity index (χ3n) is 8.01. The Balaban J connectivity index is 2.09. The molecule has 4 rings (SSSR count). The van der Waals surface area contributed by atoms with Gasteiger partial charge in [-0.1, -0.05) is 71.9 Å². The number of nitrogens with zero attached hydrogens (tertiary/aromatic N) is 2. The highest BCUT2D eigenvalue weighted by Gasteiger charge is 2.53. The number of hydrogen-bond acceptors (Lipinski definition) is 5. The van der Waals surface area contributed by atoms with Gasteiger partial charge in [0, 0.05) is 35.5 Å². The van der Waals surface area contributed by atoms with Crippen LogP contribution in [0.15, 0.2) is 60.7 Å². The van der Waals surface area contributed by atoms with Crippen molar-refractivity contribution in [2.24, 2.45) is 0 Å². The van der Waals surface area contributed by atoms with Gasteiger partial charge in [-0.05, 0) is 80.5 Å². The van der Waals surface area contributed by atoms with E-state index in [1.54, 1.807) is 0 Å². The second-order valence-electron chi connectivity index (χ2n) is 14.0. The van der Waals surface area contributed by atoms with Crippen LogP contribution < -0.4 is 14.8 Å². The molecule has 0 fully saturated rings. The Morgan fingerprint density at radius 3 is 1.55 bits per heavy atom. The van der Waals surface area contributed by atoms with E-state index in [1.807, 2.05) is 58.5 Å². The summed E-state index contributed by atoms with van der Waals surface area (Å²) in [6.45, 7) is 15.7. The van der Waals surface area contributed by atoms with Crippen LogP contribution in [0.3, 0.4) is 0 Å². The molecule has 0 aliphatic carbocycles. The van der Waals surface area contributed by atoms with Crippen LogP contribution in [0.25, 0.3) is 0 Å². The minimum Gasteiger partial charge on any atom is -0.492 e. The third-order valence-corrected chi connectivity index (χ3v) is 8.01. The Morgan fingerprint density at radius 2 is 1.12 bits per heavy atom. The molecule has 1 N–H and O–H groups in total. The summed E-state index contributed by atoms with van der Waals surface area (Å²) in [6, 6.07) is 20.7. The van der Waals surface area contributed by atoms with Crippen LogP contribution in [0.4, 0.5) is 5.69 Å². The summed E-state index contributed by atoms with van der Waals surface area (Å²) in [4.78, 5) is 18.9. The van der Waals surface area contributed by atoms with E-state index in [0.717, 1.165) is 46.6 Å². The monoisotopic (exact) mass is 571 g/mol. The Bertz CT molecular complexity index is 1340. The molecular weight excluding hydrogens is 522 g/mol. The van der Waals surface area contributed by atoms with Gasteiger partial charge in [-0.3, -0.25) is 4.79 Å². The maximum atomic E-state index is 14.7. The van der Waals surface area contributed by atoms with Gasteiger partial charge in [0.25, 0.3) is 0 Å². The predicted molar refractivity (Wildman–Crippen MR) is 173 cm³/mol. The maximum Gasteiger partial charge on any atom is 0.244 e. The minimum atomic E-state index is -1.18. The highest BCUT2D eigenvalue weighted by Crippen LogP contribution is 2.54. The SMILES string of the molecule is CN(C)CCOc1ccc(C(C)(C)C)cc1C1(c2cc(C(C)(C)C)ccc2OCCN(C)C)C(=O)Nc2ccccc21. The summed E-state index contributed by atoms with van der Waals surface area (Å²) < 4.78 is 13.0.